The molecule has 118 valence electrons. The fourth-order valence-electron chi connectivity index (χ4n) is 3.95. The van der Waals surface area contributed by atoms with E-state index >= 15 is 0 Å². The van der Waals surface area contributed by atoms with Crippen LogP contribution in [0.5, 0.6) is 0 Å². The molecular formula is C17H29N3O. The molecule has 1 aromatic rings. The van der Waals surface area contributed by atoms with Gasteiger partial charge in [0.25, 0.3) is 0 Å². The number of rotatable bonds is 6. The van der Waals surface area contributed by atoms with Crippen LogP contribution in [0.3, 0.4) is 0 Å². The third-order valence-electron chi connectivity index (χ3n) is 5.02. The molecule has 1 unspecified atom stereocenters. The maximum atomic E-state index is 5.54. The molecule has 0 aromatic carbocycles. The minimum atomic E-state index is 0.482. The summed E-state index contributed by atoms with van der Waals surface area (Å²) < 4.78 is 5.54. The molecule has 1 N–H and O–H groups in total. The van der Waals surface area contributed by atoms with Crippen molar-refractivity contribution in [3.8, 4) is 0 Å². The summed E-state index contributed by atoms with van der Waals surface area (Å²) in [6.45, 7) is 7.26. The summed E-state index contributed by atoms with van der Waals surface area (Å²) in [6, 6.07) is 3.39. The maximum absolute atomic E-state index is 5.54. The van der Waals surface area contributed by atoms with Crippen molar-refractivity contribution in [2.45, 2.75) is 77.5 Å². The average Bonchev–Trinajstić information content (AvgIpc) is 3.18. The normalized spacial score (nSPS) is 24.4. The Hall–Kier alpha value is -0.870. The lowest BCUT2D eigenvalue weighted by Gasteiger charge is -2.28. The van der Waals surface area contributed by atoms with Gasteiger partial charge in [0.15, 0.2) is 5.76 Å². The number of hydrogen-bond acceptors (Lipinski definition) is 4. The maximum Gasteiger partial charge on any atom is 0.151 e. The van der Waals surface area contributed by atoms with Crippen LogP contribution in [0, 0.1) is 5.92 Å². The van der Waals surface area contributed by atoms with Gasteiger partial charge >= 0.3 is 0 Å². The van der Waals surface area contributed by atoms with Gasteiger partial charge in [-0.3, -0.25) is 4.90 Å². The van der Waals surface area contributed by atoms with Crippen molar-refractivity contribution < 1.29 is 4.52 Å². The molecule has 2 heterocycles. The number of hydrogen-bond donors (Lipinski definition) is 1. The van der Waals surface area contributed by atoms with Gasteiger partial charge < -0.3 is 9.84 Å². The average molecular weight is 291 g/mol. The number of likely N-dealkylation sites (tertiary alicyclic amines) is 1. The zero-order valence-corrected chi connectivity index (χ0v) is 13.5. The number of aromatic nitrogens is 1. The number of nitrogens with zero attached hydrogens (tertiary/aromatic N) is 2. The molecule has 0 radical (unpaired) electrons. The highest BCUT2D eigenvalue weighted by Crippen LogP contribution is 2.36. The standard InChI is InChI=1S/C17H29N3O/c1-13(2)18-11-15-10-16(21-19-15)12-20-9-5-8-17(20)14-6-3-4-7-14/h10,13-14,17-18H,3-9,11-12H2,1-2H3. The Bertz CT molecular complexity index is 437. The van der Waals surface area contributed by atoms with Crippen LogP contribution in [0.2, 0.25) is 0 Å². The molecule has 1 saturated heterocycles. The predicted molar refractivity (Wildman–Crippen MR) is 83.9 cm³/mol. The Morgan fingerprint density at radius 3 is 2.86 bits per heavy atom. The van der Waals surface area contributed by atoms with Crippen LogP contribution in [0.15, 0.2) is 10.6 Å². The second-order valence-electron chi connectivity index (χ2n) is 7.04. The molecule has 2 fully saturated rings. The van der Waals surface area contributed by atoms with Gasteiger partial charge in [-0.15, -0.1) is 0 Å². The molecule has 4 nitrogen and oxygen atoms in total. The Labute approximate surface area is 128 Å². The lowest BCUT2D eigenvalue weighted by atomic mass is 9.96. The molecule has 3 rings (SSSR count). The summed E-state index contributed by atoms with van der Waals surface area (Å²) in [5.74, 6) is 1.96. The quantitative estimate of drug-likeness (QED) is 0.873. The van der Waals surface area contributed by atoms with Gasteiger partial charge in [-0.1, -0.05) is 31.8 Å². The molecule has 1 atom stereocenters. The van der Waals surface area contributed by atoms with Gasteiger partial charge in [0.1, 0.15) is 0 Å². The van der Waals surface area contributed by atoms with E-state index in [2.05, 4.69) is 35.3 Å². The zero-order chi connectivity index (χ0) is 14.7. The molecule has 0 spiro atoms. The first-order chi connectivity index (χ1) is 10.2. The fourth-order valence-corrected chi connectivity index (χ4v) is 3.95. The highest BCUT2D eigenvalue weighted by Gasteiger charge is 2.33. The van der Waals surface area contributed by atoms with Gasteiger partial charge in [0.05, 0.1) is 12.2 Å². The van der Waals surface area contributed by atoms with Crippen molar-refractivity contribution in [3.63, 3.8) is 0 Å². The van der Waals surface area contributed by atoms with Crippen LogP contribution in [-0.4, -0.2) is 28.7 Å². The lowest BCUT2D eigenvalue weighted by molar-refractivity contribution is 0.166. The van der Waals surface area contributed by atoms with Crippen LogP contribution in [0.1, 0.15) is 63.8 Å². The molecule has 21 heavy (non-hydrogen) atoms. The monoisotopic (exact) mass is 291 g/mol. The van der Waals surface area contributed by atoms with Gasteiger partial charge in [-0.2, -0.15) is 0 Å². The summed E-state index contributed by atoms with van der Waals surface area (Å²) in [5, 5.41) is 7.57. The van der Waals surface area contributed by atoms with E-state index in [0.717, 1.165) is 36.5 Å². The van der Waals surface area contributed by atoms with Crippen molar-refractivity contribution in [2.24, 2.45) is 5.92 Å². The van der Waals surface area contributed by atoms with Crippen LogP contribution in [0.25, 0.3) is 0 Å². The van der Waals surface area contributed by atoms with Crippen LogP contribution in [-0.2, 0) is 13.1 Å². The molecule has 1 aliphatic heterocycles. The van der Waals surface area contributed by atoms with E-state index < -0.39 is 0 Å². The van der Waals surface area contributed by atoms with Crippen LogP contribution >= 0.6 is 0 Å². The van der Waals surface area contributed by atoms with Crippen molar-refractivity contribution >= 4 is 0 Å². The van der Waals surface area contributed by atoms with Gasteiger partial charge in [-0.25, -0.2) is 0 Å². The molecule has 1 saturated carbocycles. The largest absolute Gasteiger partial charge is 0.360 e. The summed E-state index contributed by atoms with van der Waals surface area (Å²) in [4.78, 5) is 2.64. The van der Waals surface area contributed by atoms with Crippen molar-refractivity contribution in [1.82, 2.24) is 15.4 Å². The second kappa shape index (κ2) is 6.93. The molecule has 0 amide bonds. The van der Waals surface area contributed by atoms with E-state index in [1.54, 1.807) is 0 Å². The van der Waals surface area contributed by atoms with E-state index in [4.69, 9.17) is 4.52 Å². The Kier molecular flexibility index (Phi) is 4.96. The number of nitrogens with one attached hydrogen (secondary N) is 1. The third kappa shape index (κ3) is 3.86. The van der Waals surface area contributed by atoms with E-state index in [1.807, 2.05) is 0 Å². The molecular weight excluding hydrogens is 262 g/mol. The predicted octanol–water partition coefficient (Wildman–Crippen LogP) is 3.33. The first-order valence-corrected chi connectivity index (χ1v) is 8.64. The topological polar surface area (TPSA) is 41.3 Å². The SMILES string of the molecule is CC(C)NCc1cc(CN2CCCC2C2CCCC2)on1. The highest BCUT2D eigenvalue weighted by atomic mass is 16.5. The molecule has 0 bridgehead atoms. The second-order valence-corrected chi connectivity index (χ2v) is 7.04. The fraction of sp³-hybridized carbons (Fsp3) is 0.824. The first-order valence-electron chi connectivity index (χ1n) is 8.64. The van der Waals surface area contributed by atoms with Crippen LogP contribution < -0.4 is 5.32 Å². The summed E-state index contributed by atoms with van der Waals surface area (Å²) >= 11 is 0. The lowest BCUT2D eigenvalue weighted by Crippen LogP contribution is -2.34. The van der Waals surface area contributed by atoms with Crippen molar-refractivity contribution in [3.05, 3.63) is 17.5 Å². The summed E-state index contributed by atoms with van der Waals surface area (Å²) in [6.07, 6.45) is 8.45. The minimum absolute atomic E-state index is 0.482. The Balaban J connectivity index is 1.55. The molecule has 2 aliphatic rings. The Morgan fingerprint density at radius 2 is 2.10 bits per heavy atom. The molecule has 1 aromatic heterocycles. The minimum Gasteiger partial charge on any atom is -0.360 e. The van der Waals surface area contributed by atoms with Gasteiger partial charge in [0.2, 0.25) is 0 Å². The molecule has 1 aliphatic carbocycles. The smallest absolute Gasteiger partial charge is 0.151 e. The van der Waals surface area contributed by atoms with Gasteiger partial charge in [-0.05, 0) is 38.1 Å². The van der Waals surface area contributed by atoms with E-state index in [0.29, 0.717) is 6.04 Å². The van der Waals surface area contributed by atoms with Crippen LogP contribution in [0.4, 0.5) is 0 Å². The van der Waals surface area contributed by atoms with Crippen molar-refractivity contribution in [1.29, 1.82) is 0 Å². The van der Waals surface area contributed by atoms with Gasteiger partial charge in [0, 0.05) is 24.7 Å². The molecule has 4 heteroatoms. The highest BCUT2D eigenvalue weighted by molar-refractivity contribution is 5.06. The van der Waals surface area contributed by atoms with Crippen molar-refractivity contribution in [2.75, 3.05) is 6.54 Å². The van der Waals surface area contributed by atoms with E-state index in [1.165, 1.54) is 45.1 Å². The Morgan fingerprint density at radius 1 is 1.29 bits per heavy atom. The summed E-state index contributed by atoms with van der Waals surface area (Å²) in [5.41, 5.74) is 1.02. The van der Waals surface area contributed by atoms with E-state index in [9.17, 15) is 0 Å². The van der Waals surface area contributed by atoms with E-state index in [-0.39, 0.29) is 0 Å². The zero-order valence-electron chi connectivity index (χ0n) is 13.5. The third-order valence-corrected chi connectivity index (χ3v) is 5.02. The summed E-state index contributed by atoms with van der Waals surface area (Å²) in [7, 11) is 0. The first kappa shape index (κ1) is 15.0.